The molecule has 0 saturated carbocycles. The lowest BCUT2D eigenvalue weighted by molar-refractivity contribution is -0.384. The first-order valence-corrected chi connectivity index (χ1v) is 8.56. The third kappa shape index (κ3) is 4.29. The molecular weight excluding hydrogens is 346 g/mol. The van der Waals surface area contributed by atoms with Crippen molar-refractivity contribution in [2.45, 2.75) is 38.3 Å². The molecule has 0 bridgehead atoms. The number of carbonyl (C=O) groups is 1. The van der Waals surface area contributed by atoms with Gasteiger partial charge >= 0.3 is 6.16 Å². The molecule has 9 heteroatoms. The molecule has 142 valence electrons. The van der Waals surface area contributed by atoms with Gasteiger partial charge in [-0.3, -0.25) is 10.1 Å². The molecule has 2 fully saturated rings. The maximum absolute atomic E-state index is 12.0. The predicted molar refractivity (Wildman–Crippen MR) is 87.8 cm³/mol. The molecule has 9 nitrogen and oxygen atoms in total. The average Bonchev–Trinajstić information content (AvgIpc) is 3.19. The smallest absolute Gasteiger partial charge is 0.428 e. The summed E-state index contributed by atoms with van der Waals surface area (Å²) in [5.41, 5.74) is -0.0899. The number of ether oxygens (including phenoxy) is 5. The van der Waals surface area contributed by atoms with Gasteiger partial charge in [0.2, 0.25) is 0 Å². The van der Waals surface area contributed by atoms with Crippen molar-refractivity contribution in [3.63, 3.8) is 0 Å². The van der Waals surface area contributed by atoms with Crippen LogP contribution in [0.1, 0.15) is 19.8 Å². The fraction of sp³-hybridized carbons (Fsp3) is 0.588. The second-order valence-electron chi connectivity index (χ2n) is 6.13. The summed E-state index contributed by atoms with van der Waals surface area (Å²) >= 11 is 0. The van der Waals surface area contributed by atoms with Gasteiger partial charge in [0.1, 0.15) is 11.9 Å². The normalized spacial score (nSPS) is 27.1. The van der Waals surface area contributed by atoms with E-state index in [1.54, 1.807) is 0 Å². The van der Waals surface area contributed by atoms with E-state index in [0.29, 0.717) is 13.2 Å². The Balaban J connectivity index is 1.54. The quantitative estimate of drug-likeness (QED) is 0.238. The molecule has 2 aliphatic heterocycles. The van der Waals surface area contributed by atoms with E-state index < -0.39 is 23.5 Å². The Labute approximate surface area is 150 Å². The molecule has 0 N–H and O–H groups in total. The van der Waals surface area contributed by atoms with E-state index in [9.17, 15) is 14.9 Å². The van der Waals surface area contributed by atoms with E-state index in [1.165, 1.54) is 24.3 Å². The van der Waals surface area contributed by atoms with E-state index in [1.807, 2.05) is 0 Å². The maximum Gasteiger partial charge on any atom is 0.514 e. The van der Waals surface area contributed by atoms with Gasteiger partial charge in [0, 0.05) is 18.7 Å². The van der Waals surface area contributed by atoms with Crippen LogP contribution in [0, 0.1) is 16.0 Å². The highest BCUT2D eigenvalue weighted by atomic mass is 16.8. The Morgan fingerprint density at radius 3 is 2.58 bits per heavy atom. The molecule has 0 radical (unpaired) electrons. The molecular formula is C17H21NO8. The Morgan fingerprint density at radius 1 is 1.23 bits per heavy atom. The zero-order valence-electron chi connectivity index (χ0n) is 14.4. The second-order valence-corrected chi connectivity index (χ2v) is 6.13. The van der Waals surface area contributed by atoms with E-state index in [0.717, 1.165) is 12.8 Å². The van der Waals surface area contributed by atoms with Gasteiger partial charge in [-0.15, -0.1) is 0 Å². The highest BCUT2D eigenvalue weighted by Crippen LogP contribution is 2.35. The lowest BCUT2D eigenvalue weighted by atomic mass is 10.0. The number of hydrogen-bond donors (Lipinski definition) is 0. The van der Waals surface area contributed by atoms with Crippen molar-refractivity contribution in [2.75, 3.05) is 19.8 Å². The van der Waals surface area contributed by atoms with Gasteiger partial charge in [-0.2, -0.15) is 0 Å². The van der Waals surface area contributed by atoms with Crippen molar-refractivity contribution in [1.29, 1.82) is 0 Å². The predicted octanol–water partition coefficient (Wildman–Crippen LogP) is 2.67. The molecule has 1 aromatic carbocycles. The third-order valence-electron chi connectivity index (χ3n) is 4.35. The minimum absolute atomic E-state index is 0.0899. The number of unbranched alkanes of at least 4 members (excludes halogenated alkanes) is 1. The number of rotatable bonds is 7. The van der Waals surface area contributed by atoms with Crippen LogP contribution in [-0.4, -0.2) is 49.4 Å². The number of nitro benzene ring substituents is 1. The molecule has 0 aliphatic carbocycles. The minimum atomic E-state index is -0.896. The molecule has 2 aliphatic rings. The van der Waals surface area contributed by atoms with Crippen LogP contribution in [0.15, 0.2) is 24.3 Å². The lowest BCUT2D eigenvalue weighted by Crippen LogP contribution is -2.36. The molecule has 2 saturated heterocycles. The lowest BCUT2D eigenvalue weighted by Gasteiger charge is -2.22. The number of fused-ring (bicyclic) bond motifs is 1. The summed E-state index contributed by atoms with van der Waals surface area (Å²) in [7, 11) is 0. The minimum Gasteiger partial charge on any atom is -0.428 e. The van der Waals surface area contributed by atoms with Crippen molar-refractivity contribution < 1.29 is 33.4 Å². The van der Waals surface area contributed by atoms with Crippen LogP contribution in [0.3, 0.4) is 0 Å². The number of carbonyl (C=O) groups excluding carboxylic acids is 1. The van der Waals surface area contributed by atoms with Crippen LogP contribution < -0.4 is 4.74 Å². The molecule has 0 amide bonds. The van der Waals surface area contributed by atoms with E-state index in [4.69, 9.17) is 23.7 Å². The Bertz CT molecular complexity index is 634. The molecule has 0 spiro atoms. The van der Waals surface area contributed by atoms with Crippen LogP contribution in [0.5, 0.6) is 5.75 Å². The van der Waals surface area contributed by atoms with E-state index in [-0.39, 0.29) is 30.1 Å². The van der Waals surface area contributed by atoms with E-state index in [2.05, 4.69) is 6.92 Å². The first kappa shape index (κ1) is 18.6. The van der Waals surface area contributed by atoms with Crippen molar-refractivity contribution in [2.24, 2.45) is 5.92 Å². The maximum atomic E-state index is 12.0. The number of benzene rings is 1. The summed E-state index contributed by atoms with van der Waals surface area (Å²) in [5.74, 6) is -0.0363. The first-order chi connectivity index (χ1) is 12.6. The Morgan fingerprint density at radius 2 is 1.92 bits per heavy atom. The summed E-state index contributed by atoms with van der Waals surface area (Å²) in [5, 5.41) is 10.6. The summed E-state index contributed by atoms with van der Waals surface area (Å²) in [6.07, 6.45) is -0.0840. The van der Waals surface area contributed by atoms with Gasteiger partial charge in [-0.25, -0.2) is 4.79 Å². The molecule has 3 rings (SSSR count). The van der Waals surface area contributed by atoms with Crippen LogP contribution in [-0.2, 0) is 18.9 Å². The molecule has 26 heavy (non-hydrogen) atoms. The number of non-ortho nitro benzene ring substituents is 1. The topological polar surface area (TPSA) is 106 Å². The van der Waals surface area contributed by atoms with Crippen LogP contribution in [0.2, 0.25) is 0 Å². The zero-order chi connectivity index (χ0) is 18.5. The molecule has 1 aromatic rings. The SMILES string of the molecule is CCCCO[C@H]1CO[C@@H]2OC[C@H](OC(=O)Oc3ccc([N+](=O)[O-])cc3)[C@@H]21. The van der Waals surface area contributed by atoms with Gasteiger partial charge in [-0.05, 0) is 18.6 Å². The van der Waals surface area contributed by atoms with Crippen LogP contribution >= 0.6 is 0 Å². The summed E-state index contributed by atoms with van der Waals surface area (Å²) in [4.78, 5) is 22.1. The molecule has 0 aromatic heterocycles. The van der Waals surface area contributed by atoms with Crippen molar-refractivity contribution in [3.05, 3.63) is 34.4 Å². The van der Waals surface area contributed by atoms with Crippen LogP contribution in [0.4, 0.5) is 10.5 Å². The summed E-state index contributed by atoms with van der Waals surface area (Å²) in [6, 6.07) is 5.17. The van der Waals surface area contributed by atoms with Crippen LogP contribution in [0.25, 0.3) is 0 Å². The molecule has 0 unspecified atom stereocenters. The van der Waals surface area contributed by atoms with Gasteiger partial charge in [0.15, 0.2) is 6.29 Å². The zero-order valence-corrected chi connectivity index (χ0v) is 14.4. The van der Waals surface area contributed by atoms with Crippen molar-refractivity contribution in [1.82, 2.24) is 0 Å². The highest BCUT2D eigenvalue weighted by molar-refractivity contribution is 5.64. The summed E-state index contributed by atoms with van der Waals surface area (Å²) in [6.45, 7) is 3.30. The molecule has 4 atom stereocenters. The monoisotopic (exact) mass is 367 g/mol. The fourth-order valence-electron chi connectivity index (χ4n) is 2.99. The van der Waals surface area contributed by atoms with Crippen molar-refractivity contribution >= 4 is 11.8 Å². The molecule has 2 heterocycles. The number of hydrogen-bond acceptors (Lipinski definition) is 8. The van der Waals surface area contributed by atoms with Gasteiger partial charge in [-0.1, -0.05) is 13.3 Å². The number of nitro groups is 1. The second kappa shape index (κ2) is 8.43. The fourth-order valence-corrected chi connectivity index (χ4v) is 2.99. The highest BCUT2D eigenvalue weighted by Gasteiger charge is 2.50. The van der Waals surface area contributed by atoms with E-state index >= 15 is 0 Å². The van der Waals surface area contributed by atoms with Crippen molar-refractivity contribution in [3.8, 4) is 5.75 Å². The standard InChI is InChI=1S/C17H21NO8/c1-2-3-8-22-13-9-23-16-15(13)14(10-24-16)26-17(19)25-12-6-4-11(5-7-12)18(20)21/h4-7,13-16H,2-3,8-10H2,1H3/t13-,14-,15-,16+/m0/s1. The van der Waals surface area contributed by atoms with Gasteiger partial charge < -0.3 is 23.7 Å². The van der Waals surface area contributed by atoms with Gasteiger partial charge in [0.05, 0.1) is 30.2 Å². The first-order valence-electron chi connectivity index (χ1n) is 8.56. The third-order valence-corrected chi connectivity index (χ3v) is 4.35. The Kier molecular flexibility index (Phi) is 6.02. The largest absolute Gasteiger partial charge is 0.514 e. The Hall–Kier alpha value is -2.23. The number of nitrogens with zero attached hydrogens (tertiary/aromatic N) is 1. The van der Waals surface area contributed by atoms with Gasteiger partial charge in [0.25, 0.3) is 5.69 Å². The average molecular weight is 367 g/mol. The summed E-state index contributed by atoms with van der Waals surface area (Å²) < 4.78 is 27.3.